The summed E-state index contributed by atoms with van der Waals surface area (Å²) in [5, 5.41) is 5.22. The number of morpholine rings is 1. The van der Waals surface area contributed by atoms with Crippen molar-refractivity contribution in [3.63, 3.8) is 0 Å². The van der Waals surface area contributed by atoms with E-state index in [-0.39, 0.29) is 30.1 Å². The van der Waals surface area contributed by atoms with Crippen molar-refractivity contribution in [2.24, 2.45) is 0 Å². The Morgan fingerprint density at radius 3 is 2.53 bits per heavy atom. The van der Waals surface area contributed by atoms with E-state index in [9.17, 15) is 18.0 Å². The molecule has 0 aliphatic carbocycles. The fourth-order valence-electron chi connectivity index (χ4n) is 3.02. The number of halogens is 1. The highest BCUT2D eigenvalue weighted by Crippen LogP contribution is 2.22. The van der Waals surface area contributed by atoms with Crippen LogP contribution in [-0.4, -0.2) is 57.4 Å². The second kappa shape index (κ2) is 9.69. The van der Waals surface area contributed by atoms with Gasteiger partial charge in [0.05, 0.1) is 30.2 Å². The summed E-state index contributed by atoms with van der Waals surface area (Å²) in [5.74, 6) is -1.05. The minimum atomic E-state index is -3.85. The Labute approximate surface area is 183 Å². The number of nitrogens with zero attached hydrogens (tertiary/aromatic N) is 1. The number of aryl methyl sites for hydroxylation is 1. The Morgan fingerprint density at radius 1 is 1.13 bits per heavy atom. The van der Waals surface area contributed by atoms with E-state index in [1.165, 1.54) is 16.4 Å². The number of ether oxygens (including phenoxy) is 1. The lowest BCUT2D eigenvalue weighted by Crippen LogP contribution is -2.41. The smallest absolute Gasteiger partial charge is 0.253 e. The van der Waals surface area contributed by atoms with Gasteiger partial charge in [0.15, 0.2) is 0 Å². The van der Waals surface area contributed by atoms with Crippen LogP contribution in [0, 0.1) is 6.92 Å². The van der Waals surface area contributed by atoms with E-state index in [0.29, 0.717) is 18.9 Å². The van der Waals surface area contributed by atoms with Gasteiger partial charge in [-0.2, -0.15) is 4.31 Å². The van der Waals surface area contributed by atoms with Crippen molar-refractivity contribution in [1.82, 2.24) is 9.62 Å². The number of amides is 2. The number of nitrogens with one attached hydrogen (secondary N) is 2. The molecule has 1 heterocycles. The molecule has 0 spiro atoms. The van der Waals surface area contributed by atoms with Crippen molar-refractivity contribution in [3.05, 3.63) is 58.1 Å². The molecule has 0 unspecified atom stereocenters. The van der Waals surface area contributed by atoms with Crippen LogP contribution < -0.4 is 10.6 Å². The number of rotatable bonds is 6. The molecule has 2 amide bonds. The van der Waals surface area contributed by atoms with Gasteiger partial charge >= 0.3 is 0 Å². The van der Waals surface area contributed by atoms with Crippen LogP contribution in [0.25, 0.3) is 0 Å². The summed E-state index contributed by atoms with van der Waals surface area (Å²) < 4.78 is 33.3. The Hall–Kier alpha value is -2.27. The fourth-order valence-corrected chi connectivity index (χ4v) is 5.10. The van der Waals surface area contributed by atoms with Crippen LogP contribution in [0.4, 0.5) is 5.69 Å². The first-order valence-corrected chi connectivity index (χ1v) is 11.5. The molecule has 8 nitrogen and oxygen atoms in total. The number of sulfonamides is 1. The average molecular weight is 496 g/mol. The van der Waals surface area contributed by atoms with Gasteiger partial charge in [0, 0.05) is 23.2 Å². The molecule has 10 heteroatoms. The quantitative estimate of drug-likeness (QED) is 0.638. The summed E-state index contributed by atoms with van der Waals surface area (Å²) in [7, 11) is -3.85. The van der Waals surface area contributed by atoms with Crippen molar-refractivity contribution >= 4 is 43.5 Å². The van der Waals surface area contributed by atoms with Crippen molar-refractivity contribution in [3.8, 4) is 0 Å². The topological polar surface area (TPSA) is 105 Å². The molecule has 0 bridgehead atoms. The zero-order valence-corrected chi connectivity index (χ0v) is 18.8. The highest BCUT2D eigenvalue weighted by molar-refractivity contribution is 9.10. The van der Waals surface area contributed by atoms with Gasteiger partial charge in [-0.25, -0.2) is 8.42 Å². The molecule has 160 valence electrons. The van der Waals surface area contributed by atoms with Crippen molar-refractivity contribution in [2.75, 3.05) is 38.2 Å². The molecule has 2 aromatic rings. The monoisotopic (exact) mass is 495 g/mol. The third-order valence-electron chi connectivity index (χ3n) is 4.59. The molecule has 1 fully saturated rings. The maximum Gasteiger partial charge on any atom is 0.253 e. The SMILES string of the molecule is Cc1cc(Br)ccc1NC(=O)CNC(=O)c1ccccc1S(=O)(=O)N1CCOCC1. The molecule has 2 N–H and O–H groups in total. The Balaban J connectivity index is 1.69. The van der Waals surface area contributed by atoms with Gasteiger partial charge in [-0.3, -0.25) is 9.59 Å². The second-order valence-corrected chi connectivity index (χ2v) is 9.52. The van der Waals surface area contributed by atoms with Gasteiger partial charge in [0.25, 0.3) is 5.91 Å². The molecule has 0 saturated carbocycles. The molecule has 1 aliphatic heterocycles. The van der Waals surface area contributed by atoms with Crippen LogP contribution in [0.5, 0.6) is 0 Å². The standard InChI is InChI=1S/C20H22BrN3O5S/c1-14-12-15(21)6-7-17(14)23-19(25)13-22-20(26)16-4-2-3-5-18(16)30(27,28)24-8-10-29-11-9-24/h2-7,12H,8-11,13H2,1H3,(H,22,26)(H,23,25). The average Bonchev–Trinajstić information content (AvgIpc) is 2.74. The third kappa shape index (κ3) is 5.25. The fraction of sp³-hybridized carbons (Fsp3) is 0.300. The summed E-state index contributed by atoms with van der Waals surface area (Å²) in [5.41, 5.74) is 1.50. The number of hydrogen-bond donors (Lipinski definition) is 2. The number of hydrogen-bond acceptors (Lipinski definition) is 5. The lowest BCUT2D eigenvalue weighted by atomic mass is 10.2. The van der Waals surface area contributed by atoms with Crippen LogP contribution in [0.2, 0.25) is 0 Å². The highest BCUT2D eigenvalue weighted by Gasteiger charge is 2.30. The summed E-state index contributed by atoms with van der Waals surface area (Å²) in [6.45, 7) is 2.64. The summed E-state index contributed by atoms with van der Waals surface area (Å²) >= 11 is 3.36. The second-order valence-electron chi connectivity index (χ2n) is 6.70. The van der Waals surface area contributed by atoms with E-state index >= 15 is 0 Å². The molecular weight excluding hydrogens is 474 g/mol. The normalized spacial score (nSPS) is 14.9. The van der Waals surface area contributed by atoms with Crippen molar-refractivity contribution in [2.45, 2.75) is 11.8 Å². The third-order valence-corrected chi connectivity index (χ3v) is 7.04. The first-order chi connectivity index (χ1) is 14.3. The van der Waals surface area contributed by atoms with Gasteiger partial charge in [-0.05, 0) is 42.8 Å². The molecule has 3 rings (SSSR count). The number of anilines is 1. The zero-order chi connectivity index (χ0) is 21.7. The Kier molecular flexibility index (Phi) is 7.24. The van der Waals surface area contributed by atoms with Crippen LogP contribution >= 0.6 is 15.9 Å². The van der Waals surface area contributed by atoms with E-state index < -0.39 is 21.8 Å². The van der Waals surface area contributed by atoms with Gasteiger partial charge < -0.3 is 15.4 Å². The molecule has 0 atom stereocenters. The van der Waals surface area contributed by atoms with E-state index in [1.807, 2.05) is 13.0 Å². The number of benzene rings is 2. The van der Waals surface area contributed by atoms with E-state index in [2.05, 4.69) is 26.6 Å². The summed E-state index contributed by atoms with van der Waals surface area (Å²) in [6.07, 6.45) is 0. The predicted octanol–water partition coefficient (Wildman–Crippen LogP) is 2.15. The van der Waals surface area contributed by atoms with Crippen LogP contribution in [-0.2, 0) is 19.6 Å². The van der Waals surface area contributed by atoms with Gasteiger partial charge in [-0.15, -0.1) is 0 Å². The Bertz CT molecular complexity index is 1050. The Morgan fingerprint density at radius 2 is 1.83 bits per heavy atom. The van der Waals surface area contributed by atoms with Crippen LogP contribution in [0.3, 0.4) is 0 Å². The number of carbonyl (C=O) groups excluding carboxylic acids is 2. The molecular formula is C20H22BrN3O5S. The van der Waals surface area contributed by atoms with Gasteiger partial charge in [0.2, 0.25) is 15.9 Å². The summed E-state index contributed by atoms with van der Waals surface area (Å²) in [4.78, 5) is 24.8. The zero-order valence-electron chi connectivity index (χ0n) is 16.4. The van der Waals surface area contributed by atoms with E-state index in [4.69, 9.17) is 4.74 Å². The van der Waals surface area contributed by atoms with Gasteiger partial charge in [-0.1, -0.05) is 28.1 Å². The maximum atomic E-state index is 13.0. The highest BCUT2D eigenvalue weighted by atomic mass is 79.9. The first kappa shape index (κ1) is 22.4. The largest absolute Gasteiger partial charge is 0.379 e. The van der Waals surface area contributed by atoms with Crippen molar-refractivity contribution in [1.29, 1.82) is 0 Å². The molecule has 0 aromatic heterocycles. The van der Waals surface area contributed by atoms with Gasteiger partial charge in [0.1, 0.15) is 0 Å². The molecule has 1 aliphatic rings. The van der Waals surface area contributed by atoms with E-state index in [1.54, 1.807) is 24.3 Å². The van der Waals surface area contributed by atoms with E-state index in [0.717, 1.165) is 10.0 Å². The lowest BCUT2D eigenvalue weighted by molar-refractivity contribution is -0.115. The van der Waals surface area contributed by atoms with Crippen LogP contribution in [0.1, 0.15) is 15.9 Å². The molecule has 2 aromatic carbocycles. The predicted molar refractivity (Wildman–Crippen MR) is 116 cm³/mol. The number of carbonyl (C=O) groups is 2. The minimum absolute atomic E-state index is 0.00314. The summed E-state index contributed by atoms with van der Waals surface area (Å²) in [6, 6.07) is 11.4. The molecule has 0 radical (unpaired) electrons. The van der Waals surface area contributed by atoms with Crippen molar-refractivity contribution < 1.29 is 22.7 Å². The molecule has 1 saturated heterocycles. The minimum Gasteiger partial charge on any atom is -0.379 e. The first-order valence-electron chi connectivity index (χ1n) is 9.30. The van der Waals surface area contributed by atoms with Crippen LogP contribution in [0.15, 0.2) is 51.8 Å². The lowest BCUT2D eigenvalue weighted by Gasteiger charge is -2.26. The maximum absolute atomic E-state index is 13.0. The molecule has 30 heavy (non-hydrogen) atoms.